The molecule has 1 aromatic carbocycles. The molecular weight excluding hydrogens is 232 g/mol. The van der Waals surface area contributed by atoms with Crippen molar-refractivity contribution < 1.29 is 5.11 Å². The molecule has 1 aromatic heterocycles. The van der Waals surface area contributed by atoms with E-state index in [9.17, 15) is 5.11 Å². The second-order valence-electron chi connectivity index (χ2n) is 4.49. The lowest BCUT2D eigenvalue weighted by Gasteiger charge is -2.11. The Labute approximate surface area is 105 Å². The van der Waals surface area contributed by atoms with E-state index in [1.54, 1.807) is 0 Å². The van der Waals surface area contributed by atoms with Gasteiger partial charge in [0.25, 0.3) is 0 Å². The van der Waals surface area contributed by atoms with Gasteiger partial charge in [-0.05, 0) is 29.9 Å². The summed E-state index contributed by atoms with van der Waals surface area (Å²) >= 11 is 1.27. The van der Waals surface area contributed by atoms with Crippen LogP contribution in [0.2, 0.25) is 0 Å². The fourth-order valence-electron chi connectivity index (χ4n) is 1.69. The SMILES string of the molecule is Cc1ccc(C(O)c2snnc2C(C)C)cc1. The van der Waals surface area contributed by atoms with Crippen LogP contribution < -0.4 is 0 Å². The van der Waals surface area contributed by atoms with Crippen LogP contribution in [-0.4, -0.2) is 14.7 Å². The number of nitrogens with zero attached hydrogens (tertiary/aromatic N) is 2. The largest absolute Gasteiger partial charge is 0.383 e. The molecule has 0 aliphatic rings. The average molecular weight is 248 g/mol. The number of benzene rings is 1. The van der Waals surface area contributed by atoms with E-state index in [0.29, 0.717) is 0 Å². The van der Waals surface area contributed by atoms with Gasteiger partial charge in [0.1, 0.15) is 6.10 Å². The van der Waals surface area contributed by atoms with Gasteiger partial charge >= 0.3 is 0 Å². The van der Waals surface area contributed by atoms with E-state index in [1.807, 2.05) is 31.2 Å². The maximum Gasteiger partial charge on any atom is 0.117 e. The number of aliphatic hydroxyl groups excluding tert-OH is 1. The van der Waals surface area contributed by atoms with Gasteiger partial charge in [0.15, 0.2) is 0 Å². The van der Waals surface area contributed by atoms with Crippen molar-refractivity contribution in [1.29, 1.82) is 0 Å². The average Bonchev–Trinajstić information content (AvgIpc) is 2.78. The van der Waals surface area contributed by atoms with Gasteiger partial charge in [-0.3, -0.25) is 0 Å². The Bertz CT molecular complexity index is 490. The molecule has 2 aromatic rings. The van der Waals surface area contributed by atoms with Crippen LogP contribution in [-0.2, 0) is 0 Å². The third-order valence-corrected chi connectivity index (χ3v) is 3.52. The van der Waals surface area contributed by atoms with Crippen molar-refractivity contribution in [2.75, 3.05) is 0 Å². The molecule has 0 amide bonds. The van der Waals surface area contributed by atoms with Crippen LogP contribution in [0.15, 0.2) is 24.3 Å². The molecule has 0 radical (unpaired) electrons. The fraction of sp³-hybridized carbons (Fsp3) is 0.385. The normalized spacial score (nSPS) is 13.0. The topological polar surface area (TPSA) is 46.0 Å². The summed E-state index contributed by atoms with van der Waals surface area (Å²) in [6.07, 6.45) is -0.618. The highest BCUT2D eigenvalue weighted by Crippen LogP contribution is 2.30. The molecule has 2 rings (SSSR count). The number of hydrogen-bond donors (Lipinski definition) is 1. The van der Waals surface area contributed by atoms with Crippen LogP contribution in [0.4, 0.5) is 0 Å². The zero-order chi connectivity index (χ0) is 12.4. The van der Waals surface area contributed by atoms with Crippen LogP contribution in [0.3, 0.4) is 0 Å². The first-order valence-electron chi connectivity index (χ1n) is 5.66. The zero-order valence-electron chi connectivity index (χ0n) is 10.2. The molecule has 3 nitrogen and oxygen atoms in total. The summed E-state index contributed by atoms with van der Waals surface area (Å²) in [7, 11) is 0. The predicted molar refractivity (Wildman–Crippen MR) is 69.2 cm³/mol. The molecule has 0 bridgehead atoms. The summed E-state index contributed by atoms with van der Waals surface area (Å²) in [5.74, 6) is 0.281. The molecule has 17 heavy (non-hydrogen) atoms. The van der Waals surface area contributed by atoms with E-state index < -0.39 is 6.10 Å². The smallest absolute Gasteiger partial charge is 0.117 e. The first kappa shape index (κ1) is 12.2. The van der Waals surface area contributed by atoms with E-state index in [4.69, 9.17) is 0 Å². The molecule has 1 heterocycles. The summed E-state index contributed by atoms with van der Waals surface area (Å²) in [5, 5.41) is 14.4. The van der Waals surface area contributed by atoms with Gasteiger partial charge in [0, 0.05) is 0 Å². The molecule has 1 unspecified atom stereocenters. The van der Waals surface area contributed by atoms with Gasteiger partial charge in [-0.1, -0.05) is 48.2 Å². The molecule has 0 fully saturated rings. The van der Waals surface area contributed by atoms with Crippen molar-refractivity contribution in [3.05, 3.63) is 46.0 Å². The van der Waals surface area contributed by atoms with Gasteiger partial charge in [0.2, 0.25) is 0 Å². The van der Waals surface area contributed by atoms with Crippen LogP contribution in [0.1, 0.15) is 47.6 Å². The molecule has 1 atom stereocenters. The minimum atomic E-state index is -0.618. The third-order valence-electron chi connectivity index (χ3n) is 2.73. The number of aryl methyl sites for hydroxylation is 1. The van der Waals surface area contributed by atoms with Crippen molar-refractivity contribution in [2.45, 2.75) is 32.8 Å². The standard InChI is InChI=1S/C13H16N2OS/c1-8(2)11-13(17-15-14-11)12(16)10-6-4-9(3)5-7-10/h4-8,12,16H,1-3H3. The van der Waals surface area contributed by atoms with Crippen LogP contribution in [0, 0.1) is 6.92 Å². The summed E-state index contributed by atoms with van der Waals surface area (Å²) in [4.78, 5) is 0.851. The molecule has 1 N–H and O–H groups in total. The summed E-state index contributed by atoms with van der Waals surface area (Å²) in [6, 6.07) is 7.90. The Kier molecular flexibility index (Phi) is 3.54. The van der Waals surface area contributed by atoms with Crippen LogP contribution >= 0.6 is 11.5 Å². The highest BCUT2D eigenvalue weighted by molar-refractivity contribution is 7.05. The lowest BCUT2D eigenvalue weighted by Crippen LogP contribution is -2.02. The summed E-state index contributed by atoms with van der Waals surface area (Å²) < 4.78 is 3.94. The Morgan fingerprint density at radius 1 is 1.18 bits per heavy atom. The van der Waals surface area contributed by atoms with Crippen molar-refractivity contribution >= 4 is 11.5 Å². The van der Waals surface area contributed by atoms with Gasteiger partial charge in [-0.2, -0.15) is 0 Å². The second kappa shape index (κ2) is 4.94. The second-order valence-corrected chi connectivity index (χ2v) is 5.28. The van der Waals surface area contributed by atoms with Crippen molar-refractivity contribution in [3.8, 4) is 0 Å². The monoisotopic (exact) mass is 248 g/mol. The number of aliphatic hydroxyl groups is 1. The fourth-order valence-corrected chi connectivity index (χ4v) is 2.52. The minimum Gasteiger partial charge on any atom is -0.383 e. The zero-order valence-corrected chi connectivity index (χ0v) is 11.0. The minimum absolute atomic E-state index is 0.281. The van der Waals surface area contributed by atoms with Crippen molar-refractivity contribution in [2.24, 2.45) is 0 Å². The van der Waals surface area contributed by atoms with Crippen molar-refractivity contribution in [3.63, 3.8) is 0 Å². The molecule has 4 heteroatoms. The molecule has 0 saturated heterocycles. The highest BCUT2D eigenvalue weighted by Gasteiger charge is 2.20. The molecule has 0 aliphatic carbocycles. The first-order chi connectivity index (χ1) is 8.09. The molecular formula is C13H16N2OS. The van der Waals surface area contributed by atoms with Crippen LogP contribution in [0.25, 0.3) is 0 Å². The van der Waals surface area contributed by atoms with E-state index in [0.717, 1.165) is 16.1 Å². The summed E-state index contributed by atoms with van der Waals surface area (Å²) in [6.45, 7) is 6.15. The Morgan fingerprint density at radius 2 is 1.82 bits per heavy atom. The molecule has 90 valence electrons. The Morgan fingerprint density at radius 3 is 2.41 bits per heavy atom. The van der Waals surface area contributed by atoms with Gasteiger partial charge in [-0.15, -0.1) is 5.10 Å². The van der Waals surface area contributed by atoms with Gasteiger partial charge in [-0.25, -0.2) is 0 Å². The molecule has 0 aliphatic heterocycles. The summed E-state index contributed by atoms with van der Waals surface area (Å²) in [5.41, 5.74) is 2.97. The van der Waals surface area contributed by atoms with E-state index in [-0.39, 0.29) is 5.92 Å². The number of rotatable bonds is 3. The van der Waals surface area contributed by atoms with E-state index >= 15 is 0 Å². The van der Waals surface area contributed by atoms with E-state index in [1.165, 1.54) is 17.1 Å². The molecule has 0 spiro atoms. The van der Waals surface area contributed by atoms with E-state index in [2.05, 4.69) is 23.4 Å². The van der Waals surface area contributed by atoms with Gasteiger partial charge in [0.05, 0.1) is 10.6 Å². The lowest BCUT2D eigenvalue weighted by atomic mass is 10.0. The highest BCUT2D eigenvalue weighted by atomic mass is 32.1. The third kappa shape index (κ3) is 2.53. The van der Waals surface area contributed by atoms with Crippen molar-refractivity contribution in [1.82, 2.24) is 9.59 Å². The number of hydrogen-bond acceptors (Lipinski definition) is 4. The molecule has 0 saturated carbocycles. The van der Waals surface area contributed by atoms with Crippen LogP contribution in [0.5, 0.6) is 0 Å². The maximum atomic E-state index is 10.3. The predicted octanol–water partition coefficient (Wildman–Crippen LogP) is 3.05. The maximum absolute atomic E-state index is 10.3. The quantitative estimate of drug-likeness (QED) is 0.908. The lowest BCUT2D eigenvalue weighted by molar-refractivity contribution is 0.222. The Balaban J connectivity index is 2.33. The first-order valence-corrected chi connectivity index (χ1v) is 6.43. The van der Waals surface area contributed by atoms with Gasteiger partial charge < -0.3 is 5.11 Å². The number of aromatic nitrogens is 2. The Hall–Kier alpha value is -1.26.